The maximum atomic E-state index is 8.81. The fourth-order valence-corrected chi connectivity index (χ4v) is 3.57. The molecule has 1 atom stereocenters. The molecule has 3 rings (SSSR count). The van der Waals surface area contributed by atoms with E-state index in [9.17, 15) is 0 Å². The van der Waals surface area contributed by atoms with Crippen molar-refractivity contribution in [2.45, 2.75) is 19.5 Å². The molecule has 0 saturated carbocycles. The van der Waals surface area contributed by atoms with Gasteiger partial charge in [0.2, 0.25) is 5.76 Å². The lowest BCUT2D eigenvalue weighted by Gasteiger charge is -2.33. The van der Waals surface area contributed by atoms with Gasteiger partial charge in [-0.3, -0.25) is 4.90 Å². The van der Waals surface area contributed by atoms with Crippen molar-refractivity contribution in [3.63, 3.8) is 0 Å². The van der Waals surface area contributed by atoms with Gasteiger partial charge in [-0.1, -0.05) is 0 Å². The Balaban J connectivity index is 1.77. The van der Waals surface area contributed by atoms with Crippen LogP contribution in [0.4, 0.5) is 0 Å². The first-order valence-corrected chi connectivity index (χ1v) is 7.78. The predicted molar refractivity (Wildman–Crippen MR) is 77.3 cm³/mol. The van der Waals surface area contributed by atoms with Crippen molar-refractivity contribution in [1.29, 1.82) is 5.26 Å². The summed E-state index contributed by atoms with van der Waals surface area (Å²) in [4.78, 5) is 2.36. The summed E-state index contributed by atoms with van der Waals surface area (Å²) in [5, 5.41) is 8.81. The molecule has 0 spiro atoms. The third kappa shape index (κ3) is 2.77. The third-order valence-corrected chi connectivity index (χ3v) is 4.48. The molecule has 0 amide bonds. The van der Waals surface area contributed by atoms with Crippen LogP contribution in [0, 0.1) is 18.3 Å². The van der Waals surface area contributed by atoms with E-state index in [0.717, 1.165) is 35.3 Å². The highest BCUT2D eigenvalue weighted by Crippen LogP contribution is 2.32. The van der Waals surface area contributed by atoms with Gasteiger partial charge in [0.25, 0.3) is 0 Å². The quantitative estimate of drug-likeness (QED) is 0.867. The van der Waals surface area contributed by atoms with E-state index in [4.69, 9.17) is 14.1 Å². The molecule has 3 heterocycles. The number of aryl methyl sites for hydroxylation is 1. The maximum Gasteiger partial charge on any atom is 0.203 e. The maximum absolute atomic E-state index is 8.81. The molecule has 1 fully saturated rings. The summed E-state index contributed by atoms with van der Waals surface area (Å²) in [6.07, 6.45) is 0. The van der Waals surface area contributed by atoms with Crippen molar-refractivity contribution < 1.29 is 8.83 Å². The Kier molecular flexibility index (Phi) is 3.86. The molecule has 1 aliphatic rings. The van der Waals surface area contributed by atoms with E-state index in [1.54, 1.807) is 6.07 Å². The van der Waals surface area contributed by atoms with Gasteiger partial charge < -0.3 is 8.83 Å². The van der Waals surface area contributed by atoms with Crippen LogP contribution >= 0.6 is 11.8 Å². The van der Waals surface area contributed by atoms with Gasteiger partial charge >= 0.3 is 0 Å². The summed E-state index contributed by atoms with van der Waals surface area (Å²) in [7, 11) is 0. The van der Waals surface area contributed by atoms with E-state index in [-0.39, 0.29) is 6.04 Å². The molecular weight excluding hydrogens is 272 g/mol. The number of nitriles is 1. The van der Waals surface area contributed by atoms with Crippen LogP contribution in [0.15, 0.2) is 33.1 Å². The molecule has 5 heteroatoms. The molecule has 0 unspecified atom stereocenters. The predicted octanol–water partition coefficient (Wildman–Crippen LogP) is 3.34. The lowest BCUT2D eigenvalue weighted by molar-refractivity contribution is 0.173. The van der Waals surface area contributed by atoms with Crippen LogP contribution in [-0.4, -0.2) is 23.0 Å². The molecule has 4 nitrogen and oxygen atoms in total. The third-order valence-electron chi connectivity index (χ3n) is 3.46. The molecule has 0 N–H and O–H groups in total. The zero-order chi connectivity index (χ0) is 13.9. The zero-order valence-electron chi connectivity index (χ0n) is 11.3. The Morgan fingerprint density at radius 2 is 2.25 bits per heavy atom. The van der Waals surface area contributed by atoms with E-state index in [0.29, 0.717) is 12.3 Å². The van der Waals surface area contributed by atoms with Gasteiger partial charge in [0, 0.05) is 18.1 Å². The van der Waals surface area contributed by atoms with Crippen LogP contribution in [0.3, 0.4) is 0 Å². The second kappa shape index (κ2) is 5.78. The van der Waals surface area contributed by atoms with Crippen LogP contribution in [0.25, 0.3) is 0 Å². The van der Waals surface area contributed by atoms with Gasteiger partial charge in [-0.05, 0) is 31.2 Å². The SMILES string of the molecule is Cc1ccc([C@H]2CSCCN2Cc2ccc(C#N)o2)o1. The molecule has 0 bridgehead atoms. The lowest BCUT2D eigenvalue weighted by Crippen LogP contribution is -2.35. The highest BCUT2D eigenvalue weighted by molar-refractivity contribution is 7.99. The highest BCUT2D eigenvalue weighted by atomic mass is 32.2. The summed E-state index contributed by atoms with van der Waals surface area (Å²) in [5.74, 6) is 5.31. The second-order valence-corrected chi connectivity index (χ2v) is 6.04. The number of nitrogens with zero attached hydrogens (tertiary/aromatic N) is 2. The van der Waals surface area contributed by atoms with E-state index in [1.165, 1.54) is 0 Å². The summed E-state index contributed by atoms with van der Waals surface area (Å²) >= 11 is 1.95. The van der Waals surface area contributed by atoms with Crippen molar-refractivity contribution >= 4 is 11.8 Å². The minimum Gasteiger partial charge on any atom is -0.465 e. The first kappa shape index (κ1) is 13.3. The van der Waals surface area contributed by atoms with Gasteiger partial charge in [0.05, 0.1) is 12.6 Å². The molecule has 20 heavy (non-hydrogen) atoms. The van der Waals surface area contributed by atoms with E-state index >= 15 is 0 Å². The molecule has 2 aromatic rings. The van der Waals surface area contributed by atoms with Crippen molar-refractivity contribution in [2.24, 2.45) is 0 Å². The molecular formula is C15H16N2O2S. The second-order valence-electron chi connectivity index (χ2n) is 4.89. The minimum absolute atomic E-state index is 0.276. The Hall–Kier alpha value is -1.64. The molecule has 1 aliphatic heterocycles. The van der Waals surface area contributed by atoms with Gasteiger partial charge in [-0.25, -0.2) is 0 Å². The molecule has 0 aromatic carbocycles. The smallest absolute Gasteiger partial charge is 0.203 e. The fraction of sp³-hybridized carbons (Fsp3) is 0.400. The van der Waals surface area contributed by atoms with Crippen molar-refractivity contribution in [2.75, 3.05) is 18.1 Å². The van der Waals surface area contributed by atoms with Crippen molar-refractivity contribution in [1.82, 2.24) is 4.90 Å². The molecule has 1 saturated heterocycles. The number of thioether (sulfide) groups is 1. The number of hydrogen-bond donors (Lipinski definition) is 0. The molecule has 0 aliphatic carbocycles. The normalized spacial score (nSPS) is 19.9. The topological polar surface area (TPSA) is 53.3 Å². The summed E-state index contributed by atoms with van der Waals surface area (Å²) in [6, 6.07) is 9.97. The summed E-state index contributed by atoms with van der Waals surface area (Å²) < 4.78 is 11.3. The highest BCUT2D eigenvalue weighted by Gasteiger charge is 2.27. The Morgan fingerprint density at radius 3 is 2.95 bits per heavy atom. The van der Waals surface area contributed by atoms with Gasteiger partial charge in [-0.15, -0.1) is 0 Å². The Bertz CT molecular complexity index is 626. The lowest BCUT2D eigenvalue weighted by atomic mass is 10.2. The Morgan fingerprint density at radius 1 is 1.35 bits per heavy atom. The van der Waals surface area contributed by atoms with Crippen molar-refractivity contribution in [3.8, 4) is 6.07 Å². The number of hydrogen-bond acceptors (Lipinski definition) is 5. The van der Waals surface area contributed by atoms with Crippen molar-refractivity contribution in [3.05, 3.63) is 47.3 Å². The van der Waals surface area contributed by atoms with Gasteiger partial charge in [0.1, 0.15) is 23.3 Å². The van der Waals surface area contributed by atoms with Crippen LogP contribution < -0.4 is 0 Å². The zero-order valence-corrected chi connectivity index (χ0v) is 12.2. The van der Waals surface area contributed by atoms with Gasteiger partial charge in [0.15, 0.2) is 0 Å². The molecule has 104 valence electrons. The minimum atomic E-state index is 0.276. The van der Waals surface area contributed by atoms with E-state index in [1.807, 2.05) is 36.9 Å². The van der Waals surface area contributed by atoms with Crippen LogP contribution in [0.2, 0.25) is 0 Å². The van der Waals surface area contributed by atoms with Crippen LogP contribution in [0.1, 0.15) is 29.1 Å². The molecule has 0 radical (unpaired) electrons. The summed E-state index contributed by atoms with van der Waals surface area (Å²) in [6.45, 7) is 3.68. The summed E-state index contributed by atoms with van der Waals surface area (Å²) in [5.41, 5.74) is 0. The number of rotatable bonds is 3. The average Bonchev–Trinajstić information content (AvgIpc) is 3.08. The van der Waals surface area contributed by atoms with Crippen LogP contribution in [0.5, 0.6) is 0 Å². The standard InChI is InChI=1S/C15H16N2O2S/c1-11-2-5-15(18-11)14-10-20-7-6-17(14)9-13-4-3-12(8-16)19-13/h2-5,14H,6-7,9-10H2,1H3/t14-/m1/s1. The first-order chi connectivity index (χ1) is 9.76. The largest absolute Gasteiger partial charge is 0.465 e. The Labute approximate surface area is 122 Å². The number of furan rings is 2. The fourth-order valence-electron chi connectivity index (χ4n) is 2.45. The monoisotopic (exact) mass is 288 g/mol. The van der Waals surface area contributed by atoms with Gasteiger partial charge in [-0.2, -0.15) is 17.0 Å². The first-order valence-electron chi connectivity index (χ1n) is 6.63. The average molecular weight is 288 g/mol. The van der Waals surface area contributed by atoms with Crippen LogP contribution in [-0.2, 0) is 6.54 Å². The van der Waals surface area contributed by atoms with E-state index in [2.05, 4.69) is 11.0 Å². The molecule has 2 aromatic heterocycles. The van der Waals surface area contributed by atoms with E-state index < -0.39 is 0 Å².